The highest BCUT2D eigenvalue weighted by molar-refractivity contribution is 5.95. The van der Waals surface area contributed by atoms with Gasteiger partial charge in [0, 0.05) is 12.7 Å². The van der Waals surface area contributed by atoms with E-state index in [-0.39, 0.29) is 11.5 Å². The lowest BCUT2D eigenvalue weighted by atomic mass is 10.1. The van der Waals surface area contributed by atoms with Crippen LogP contribution in [0.25, 0.3) is 5.82 Å². The Morgan fingerprint density at radius 1 is 1.16 bits per heavy atom. The zero-order valence-electron chi connectivity index (χ0n) is 13.5. The van der Waals surface area contributed by atoms with Gasteiger partial charge in [-0.3, -0.25) is 4.79 Å². The lowest BCUT2D eigenvalue weighted by molar-refractivity contribution is 0.0696. The molecule has 0 unspecified atom stereocenters. The summed E-state index contributed by atoms with van der Waals surface area (Å²) in [5.41, 5.74) is 2.18. The number of pyridine rings is 1. The van der Waals surface area contributed by atoms with Crippen LogP contribution in [0.15, 0.2) is 54.9 Å². The van der Waals surface area contributed by atoms with Gasteiger partial charge in [-0.1, -0.05) is 18.2 Å². The number of carbonyl (C=O) groups is 2. The van der Waals surface area contributed by atoms with Gasteiger partial charge in [-0.05, 0) is 36.8 Å². The van der Waals surface area contributed by atoms with Gasteiger partial charge in [0.15, 0.2) is 5.82 Å². The van der Waals surface area contributed by atoms with Crippen molar-refractivity contribution in [2.75, 3.05) is 0 Å². The minimum atomic E-state index is -0.979. The Labute approximate surface area is 143 Å². The Bertz CT molecular complexity index is 902. The first-order chi connectivity index (χ1) is 12.1. The van der Waals surface area contributed by atoms with Crippen LogP contribution >= 0.6 is 0 Å². The standard InChI is InChI=1S/C18H16N4O3/c1-12-15(11-21-22(12)16-4-2-3-9-19-16)17(23)20-10-13-5-7-14(8-6-13)18(24)25/h2-9,11H,10H2,1H3,(H,20,23)(H,24,25). The summed E-state index contributed by atoms with van der Waals surface area (Å²) < 4.78 is 1.61. The number of benzene rings is 1. The molecule has 1 amide bonds. The number of aromatic carboxylic acids is 1. The Morgan fingerprint density at radius 3 is 2.56 bits per heavy atom. The predicted octanol–water partition coefficient (Wildman–Crippen LogP) is 2.20. The van der Waals surface area contributed by atoms with Gasteiger partial charge in [-0.2, -0.15) is 5.10 Å². The first kappa shape index (κ1) is 16.4. The number of carboxylic acid groups (broad SMARTS) is 1. The molecule has 0 aliphatic heterocycles. The topological polar surface area (TPSA) is 97.1 Å². The van der Waals surface area contributed by atoms with Gasteiger partial charge in [-0.15, -0.1) is 0 Å². The van der Waals surface area contributed by atoms with Gasteiger partial charge in [0.25, 0.3) is 5.91 Å². The van der Waals surface area contributed by atoms with Crippen LogP contribution < -0.4 is 5.32 Å². The molecule has 7 nitrogen and oxygen atoms in total. The van der Waals surface area contributed by atoms with Crippen molar-refractivity contribution in [2.45, 2.75) is 13.5 Å². The third-order valence-corrected chi connectivity index (χ3v) is 3.77. The van der Waals surface area contributed by atoms with Crippen molar-refractivity contribution in [3.8, 4) is 5.82 Å². The molecule has 7 heteroatoms. The van der Waals surface area contributed by atoms with E-state index in [0.717, 1.165) is 5.56 Å². The monoisotopic (exact) mass is 336 g/mol. The van der Waals surface area contributed by atoms with Crippen LogP contribution in [0, 0.1) is 6.92 Å². The summed E-state index contributed by atoms with van der Waals surface area (Å²) in [6.07, 6.45) is 3.17. The summed E-state index contributed by atoms with van der Waals surface area (Å²) >= 11 is 0. The highest BCUT2D eigenvalue weighted by atomic mass is 16.4. The van der Waals surface area contributed by atoms with Crippen LogP contribution in [-0.2, 0) is 6.54 Å². The van der Waals surface area contributed by atoms with Crippen molar-refractivity contribution >= 4 is 11.9 Å². The van der Waals surface area contributed by atoms with Crippen LogP contribution in [0.1, 0.15) is 32.0 Å². The molecule has 126 valence electrons. The molecule has 1 aromatic carbocycles. The molecule has 2 heterocycles. The second kappa shape index (κ2) is 6.96. The van der Waals surface area contributed by atoms with E-state index >= 15 is 0 Å². The molecule has 0 atom stereocenters. The van der Waals surface area contributed by atoms with Crippen molar-refractivity contribution < 1.29 is 14.7 Å². The van der Waals surface area contributed by atoms with Crippen molar-refractivity contribution in [1.29, 1.82) is 0 Å². The normalized spacial score (nSPS) is 10.4. The molecule has 0 radical (unpaired) electrons. The number of rotatable bonds is 5. The van der Waals surface area contributed by atoms with E-state index < -0.39 is 5.97 Å². The fraction of sp³-hybridized carbons (Fsp3) is 0.111. The maximum absolute atomic E-state index is 12.4. The molecule has 0 saturated carbocycles. The minimum Gasteiger partial charge on any atom is -0.478 e. The van der Waals surface area contributed by atoms with Crippen LogP contribution in [-0.4, -0.2) is 31.7 Å². The van der Waals surface area contributed by atoms with Gasteiger partial charge in [-0.25, -0.2) is 14.5 Å². The van der Waals surface area contributed by atoms with Crippen LogP contribution in [0.4, 0.5) is 0 Å². The molecule has 2 aromatic heterocycles. The van der Waals surface area contributed by atoms with Gasteiger partial charge < -0.3 is 10.4 Å². The Balaban J connectivity index is 1.70. The van der Waals surface area contributed by atoms with Gasteiger partial charge in [0.05, 0.1) is 23.0 Å². The van der Waals surface area contributed by atoms with E-state index in [0.29, 0.717) is 23.6 Å². The molecule has 2 N–H and O–H groups in total. The number of hydrogen-bond acceptors (Lipinski definition) is 4. The molecule has 25 heavy (non-hydrogen) atoms. The summed E-state index contributed by atoms with van der Waals surface area (Å²) in [5.74, 6) is -0.585. The first-order valence-electron chi connectivity index (χ1n) is 7.62. The lowest BCUT2D eigenvalue weighted by Crippen LogP contribution is -2.23. The van der Waals surface area contributed by atoms with Crippen LogP contribution in [0.2, 0.25) is 0 Å². The third kappa shape index (κ3) is 3.55. The average molecular weight is 336 g/mol. The van der Waals surface area contributed by atoms with Crippen molar-refractivity contribution in [2.24, 2.45) is 0 Å². The summed E-state index contributed by atoms with van der Waals surface area (Å²) in [4.78, 5) is 27.4. The molecular formula is C18H16N4O3. The van der Waals surface area contributed by atoms with E-state index in [9.17, 15) is 9.59 Å². The minimum absolute atomic E-state index is 0.211. The van der Waals surface area contributed by atoms with Crippen molar-refractivity contribution in [1.82, 2.24) is 20.1 Å². The Hall–Kier alpha value is -3.48. The van der Waals surface area contributed by atoms with Crippen LogP contribution in [0.5, 0.6) is 0 Å². The summed E-state index contributed by atoms with van der Waals surface area (Å²) in [6, 6.07) is 11.8. The number of aromatic nitrogens is 3. The quantitative estimate of drug-likeness (QED) is 0.744. The molecular weight excluding hydrogens is 320 g/mol. The van der Waals surface area contributed by atoms with E-state index in [1.807, 2.05) is 18.2 Å². The smallest absolute Gasteiger partial charge is 0.335 e. The average Bonchev–Trinajstić information content (AvgIpc) is 3.02. The summed E-state index contributed by atoms with van der Waals surface area (Å²) in [5, 5.41) is 15.9. The number of carboxylic acids is 1. The first-order valence-corrected chi connectivity index (χ1v) is 7.62. The maximum Gasteiger partial charge on any atom is 0.335 e. The van der Waals surface area contributed by atoms with E-state index in [2.05, 4.69) is 15.4 Å². The lowest BCUT2D eigenvalue weighted by Gasteiger charge is -2.06. The highest BCUT2D eigenvalue weighted by Crippen LogP contribution is 2.12. The number of carbonyl (C=O) groups excluding carboxylic acids is 1. The Kier molecular flexibility index (Phi) is 4.56. The molecule has 0 spiro atoms. The highest BCUT2D eigenvalue weighted by Gasteiger charge is 2.15. The number of amides is 1. The maximum atomic E-state index is 12.4. The zero-order chi connectivity index (χ0) is 17.8. The molecule has 0 saturated heterocycles. The third-order valence-electron chi connectivity index (χ3n) is 3.77. The molecule has 0 aliphatic rings. The summed E-state index contributed by atoms with van der Waals surface area (Å²) in [7, 11) is 0. The van der Waals surface area contributed by atoms with Gasteiger partial charge in [0.2, 0.25) is 0 Å². The second-order valence-electron chi connectivity index (χ2n) is 5.43. The summed E-state index contributed by atoms with van der Waals surface area (Å²) in [6.45, 7) is 2.10. The van der Waals surface area contributed by atoms with Gasteiger partial charge in [0.1, 0.15) is 0 Å². The van der Waals surface area contributed by atoms with Crippen LogP contribution in [0.3, 0.4) is 0 Å². The molecule has 3 aromatic rings. The van der Waals surface area contributed by atoms with Gasteiger partial charge >= 0.3 is 5.97 Å². The number of nitrogens with zero attached hydrogens (tertiary/aromatic N) is 3. The molecule has 0 bridgehead atoms. The van der Waals surface area contributed by atoms with Crippen molar-refractivity contribution in [3.63, 3.8) is 0 Å². The molecule has 3 rings (SSSR count). The Morgan fingerprint density at radius 2 is 1.92 bits per heavy atom. The van der Waals surface area contributed by atoms with E-state index in [4.69, 9.17) is 5.11 Å². The fourth-order valence-corrected chi connectivity index (χ4v) is 2.39. The predicted molar refractivity (Wildman–Crippen MR) is 90.7 cm³/mol. The number of nitrogens with one attached hydrogen (secondary N) is 1. The fourth-order valence-electron chi connectivity index (χ4n) is 2.39. The largest absolute Gasteiger partial charge is 0.478 e. The number of hydrogen-bond donors (Lipinski definition) is 2. The van der Waals surface area contributed by atoms with E-state index in [1.165, 1.54) is 18.3 Å². The zero-order valence-corrected chi connectivity index (χ0v) is 13.5. The molecule has 0 aliphatic carbocycles. The SMILES string of the molecule is Cc1c(C(=O)NCc2ccc(C(=O)O)cc2)cnn1-c1ccccn1. The second-order valence-corrected chi connectivity index (χ2v) is 5.43. The molecule has 0 fully saturated rings. The van der Waals surface area contributed by atoms with Crippen molar-refractivity contribution in [3.05, 3.63) is 77.2 Å². The van der Waals surface area contributed by atoms with E-state index in [1.54, 1.807) is 29.9 Å².